The van der Waals surface area contributed by atoms with E-state index in [1.807, 2.05) is 26.0 Å². The van der Waals surface area contributed by atoms with Crippen LogP contribution in [0.25, 0.3) is 11.0 Å². The number of amides is 1. The van der Waals surface area contributed by atoms with Gasteiger partial charge in [-0.3, -0.25) is 9.69 Å². The zero-order chi connectivity index (χ0) is 28.6. The molecule has 2 N–H and O–H groups in total. The first-order valence-corrected chi connectivity index (χ1v) is 14.1. The van der Waals surface area contributed by atoms with Gasteiger partial charge in [-0.1, -0.05) is 6.07 Å². The highest BCUT2D eigenvalue weighted by Gasteiger charge is 2.44. The Balaban J connectivity index is 1.17. The maximum absolute atomic E-state index is 14.2. The number of nitrogens with one attached hydrogen (secondary N) is 2. The normalized spacial score (nSPS) is 19.0. The van der Waals surface area contributed by atoms with Gasteiger partial charge in [0.15, 0.2) is 11.6 Å². The molecule has 2 aromatic carbocycles. The van der Waals surface area contributed by atoms with Crippen LogP contribution in [0.2, 0.25) is 0 Å². The Morgan fingerprint density at radius 1 is 1.05 bits per heavy atom. The van der Waals surface area contributed by atoms with Crippen LogP contribution in [0, 0.1) is 11.2 Å². The van der Waals surface area contributed by atoms with Crippen LogP contribution in [0.5, 0.6) is 11.5 Å². The van der Waals surface area contributed by atoms with Crippen LogP contribution in [0.15, 0.2) is 53.7 Å². The van der Waals surface area contributed by atoms with Gasteiger partial charge in [-0.05, 0) is 69.1 Å². The Bertz CT molecular complexity index is 1630. The zero-order valence-electron chi connectivity index (χ0n) is 23.3. The molecule has 4 heterocycles. The lowest BCUT2D eigenvalue weighted by Gasteiger charge is -2.26. The van der Waals surface area contributed by atoms with Crippen LogP contribution in [0.1, 0.15) is 42.6 Å². The molecule has 10 nitrogen and oxygen atoms in total. The first-order valence-electron chi connectivity index (χ1n) is 14.1. The van der Waals surface area contributed by atoms with Crippen molar-refractivity contribution in [2.24, 2.45) is 5.41 Å². The number of benzene rings is 2. The van der Waals surface area contributed by atoms with Crippen LogP contribution in [0.3, 0.4) is 0 Å². The predicted molar refractivity (Wildman–Crippen MR) is 154 cm³/mol. The molecule has 11 heteroatoms. The van der Waals surface area contributed by atoms with Crippen LogP contribution < -0.4 is 15.3 Å². The molecule has 4 aromatic rings. The fourth-order valence-corrected chi connectivity index (χ4v) is 6.23. The van der Waals surface area contributed by atoms with Crippen molar-refractivity contribution in [3.05, 3.63) is 76.4 Å². The summed E-state index contributed by atoms with van der Waals surface area (Å²) in [5, 5.41) is 0. The number of anilines is 1. The maximum Gasteiger partial charge on any atom is 0.323 e. The molecular weight excluding hydrogens is 525 g/mol. The molecule has 1 unspecified atom stereocenters. The quantitative estimate of drug-likeness (QED) is 0.334. The van der Waals surface area contributed by atoms with Gasteiger partial charge < -0.3 is 24.5 Å². The molecule has 0 saturated carbocycles. The van der Waals surface area contributed by atoms with Gasteiger partial charge in [0.2, 0.25) is 0 Å². The van der Waals surface area contributed by atoms with E-state index in [0.29, 0.717) is 24.7 Å². The molecule has 6 rings (SSSR count). The summed E-state index contributed by atoms with van der Waals surface area (Å²) in [4.78, 5) is 45.5. The van der Waals surface area contributed by atoms with Crippen molar-refractivity contribution in [2.75, 3.05) is 44.2 Å². The van der Waals surface area contributed by atoms with Gasteiger partial charge in [0, 0.05) is 44.7 Å². The minimum Gasteiger partial charge on any atom is -0.451 e. The summed E-state index contributed by atoms with van der Waals surface area (Å²) in [5.41, 5.74) is 2.93. The van der Waals surface area contributed by atoms with Crippen molar-refractivity contribution < 1.29 is 13.9 Å². The lowest BCUT2D eigenvalue weighted by Crippen LogP contribution is -2.31. The molecule has 0 aliphatic carbocycles. The Kier molecular flexibility index (Phi) is 7.21. The number of carbonyl (C=O) groups is 1. The van der Waals surface area contributed by atoms with E-state index in [1.165, 1.54) is 30.1 Å². The molecule has 214 valence electrons. The second kappa shape index (κ2) is 11.0. The van der Waals surface area contributed by atoms with E-state index in [-0.39, 0.29) is 28.3 Å². The van der Waals surface area contributed by atoms with Crippen LogP contribution >= 0.6 is 0 Å². The lowest BCUT2D eigenvalue weighted by atomic mass is 9.86. The third kappa shape index (κ3) is 5.41. The van der Waals surface area contributed by atoms with Crippen molar-refractivity contribution in [3.8, 4) is 11.5 Å². The third-order valence-electron chi connectivity index (χ3n) is 8.34. The molecule has 2 saturated heterocycles. The van der Waals surface area contributed by atoms with Gasteiger partial charge >= 0.3 is 5.69 Å². The number of hydrogen-bond acceptors (Lipinski definition) is 7. The summed E-state index contributed by atoms with van der Waals surface area (Å²) in [7, 11) is 0. The molecule has 1 spiro atoms. The SMILES string of the molecule is CCN(CC)C(=O)c1cc(F)ccc1Oc1cncnc1N1CCC2(CCN(Cc3ccc4[nH]c(=O)[nH]c4c3)C2)C1. The van der Waals surface area contributed by atoms with Crippen LogP contribution in [-0.2, 0) is 6.54 Å². The van der Waals surface area contributed by atoms with Crippen molar-refractivity contribution in [3.63, 3.8) is 0 Å². The zero-order valence-corrected chi connectivity index (χ0v) is 23.3. The molecule has 2 aromatic heterocycles. The first kappa shape index (κ1) is 26.9. The number of nitrogens with zero attached hydrogens (tertiary/aromatic N) is 5. The summed E-state index contributed by atoms with van der Waals surface area (Å²) in [6, 6.07) is 10.1. The number of aromatic amines is 2. The monoisotopic (exact) mass is 559 g/mol. The lowest BCUT2D eigenvalue weighted by molar-refractivity contribution is 0.0770. The van der Waals surface area contributed by atoms with E-state index < -0.39 is 5.82 Å². The molecule has 2 aliphatic heterocycles. The molecule has 1 atom stereocenters. The molecule has 1 amide bonds. The Morgan fingerprint density at radius 2 is 1.85 bits per heavy atom. The Labute approximate surface area is 237 Å². The molecule has 0 radical (unpaired) electrons. The standard InChI is InChI=1S/C30H34FN7O3/c1-3-37(4-2)28(39)22-14-21(31)6-8-25(22)41-26-15-32-19-33-27(26)38-12-10-30(18-38)9-11-36(17-30)16-20-5-7-23-24(13-20)35-29(40)34-23/h5-8,13-15,19H,3-4,9-12,16-18H2,1-2H3,(H2,34,35,40). The number of aromatic nitrogens is 4. The fraction of sp³-hybridized carbons (Fsp3) is 0.400. The number of ether oxygens (including phenoxy) is 1. The van der Waals surface area contributed by atoms with Crippen molar-refractivity contribution in [1.29, 1.82) is 0 Å². The first-order chi connectivity index (χ1) is 19.9. The molecule has 0 bridgehead atoms. The summed E-state index contributed by atoms with van der Waals surface area (Å²) in [5.74, 6) is 0.610. The van der Waals surface area contributed by atoms with E-state index in [1.54, 1.807) is 11.1 Å². The van der Waals surface area contributed by atoms with Gasteiger partial charge in [0.1, 0.15) is 17.9 Å². The Morgan fingerprint density at radius 3 is 2.68 bits per heavy atom. The van der Waals surface area contributed by atoms with Gasteiger partial charge in [-0.25, -0.2) is 19.2 Å². The number of fused-ring (bicyclic) bond motifs is 1. The largest absolute Gasteiger partial charge is 0.451 e. The second-order valence-corrected chi connectivity index (χ2v) is 11.0. The van der Waals surface area contributed by atoms with Crippen molar-refractivity contribution in [2.45, 2.75) is 33.2 Å². The van der Waals surface area contributed by atoms with Crippen molar-refractivity contribution in [1.82, 2.24) is 29.7 Å². The molecule has 41 heavy (non-hydrogen) atoms. The molecule has 2 fully saturated rings. The van der Waals surface area contributed by atoms with E-state index in [2.05, 4.69) is 35.8 Å². The number of rotatable bonds is 8. The summed E-state index contributed by atoms with van der Waals surface area (Å²) in [6.45, 7) is 9.24. The number of halogens is 1. The van der Waals surface area contributed by atoms with E-state index >= 15 is 0 Å². The van der Waals surface area contributed by atoms with Gasteiger partial charge in [0.05, 0.1) is 22.8 Å². The van der Waals surface area contributed by atoms with E-state index in [4.69, 9.17) is 4.74 Å². The number of imidazole rings is 1. The highest BCUT2D eigenvalue weighted by molar-refractivity contribution is 5.97. The average molecular weight is 560 g/mol. The number of hydrogen-bond donors (Lipinski definition) is 2. The van der Waals surface area contributed by atoms with Gasteiger partial charge in [-0.2, -0.15) is 0 Å². The average Bonchev–Trinajstić information content (AvgIpc) is 3.68. The molecule has 2 aliphatic rings. The van der Waals surface area contributed by atoms with Gasteiger partial charge in [-0.15, -0.1) is 0 Å². The van der Waals surface area contributed by atoms with E-state index in [0.717, 1.165) is 56.6 Å². The number of likely N-dealkylation sites (tertiary alicyclic amines) is 1. The van der Waals surface area contributed by atoms with Gasteiger partial charge in [0.25, 0.3) is 5.91 Å². The number of H-pyrrole nitrogens is 2. The predicted octanol–water partition coefficient (Wildman–Crippen LogP) is 4.16. The highest BCUT2D eigenvalue weighted by Crippen LogP contribution is 2.43. The maximum atomic E-state index is 14.2. The smallest absolute Gasteiger partial charge is 0.323 e. The van der Waals surface area contributed by atoms with Crippen molar-refractivity contribution >= 4 is 22.8 Å². The Hall–Kier alpha value is -4.25. The topological polar surface area (TPSA) is 110 Å². The fourth-order valence-electron chi connectivity index (χ4n) is 6.23. The van der Waals surface area contributed by atoms with Crippen LogP contribution in [0.4, 0.5) is 10.2 Å². The van der Waals surface area contributed by atoms with E-state index in [9.17, 15) is 14.0 Å². The summed E-state index contributed by atoms with van der Waals surface area (Å²) < 4.78 is 20.4. The minimum absolute atomic E-state index is 0.133. The summed E-state index contributed by atoms with van der Waals surface area (Å²) in [6.07, 6.45) is 5.21. The minimum atomic E-state index is -0.494. The highest BCUT2D eigenvalue weighted by atomic mass is 19.1. The third-order valence-corrected chi connectivity index (χ3v) is 8.34. The second-order valence-electron chi connectivity index (χ2n) is 11.0. The van der Waals surface area contributed by atoms with Crippen LogP contribution in [-0.4, -0.2) is 74.9 Å². The summed E-state index contributed by atoms with van der Waals surface area (Å²) >= 11 is 0. The molecular formula is C30H34FN7O3. The number of carbonyl (C=O) groups excluding carboxylic acids is 1.